The van der Waals surface area contributed by atoms with E-state index >= 15 is 0 Å². The van der Waals surface area contributed by atoms with Gasteiger partial charge in [0.1, 0.15) is 12.3 Å². The highest BCUT2D eigenvalue weighted by molar-refractivity contribution is 5.76. The molecule has 22 heavy (non-hydrogen) atoms. The fourth-order valence-electron chi connectivity index (χ4n) is 3.11. The van der Waals surface area contributed by atoms with E-state index in [0.717, 1.165) is 25.7 Å². The van der Waals surface area contributed by atoms with Gasteiger partial charge in [0.25, 0.3) is 0 Å². The van der Waals surface area contributed by atoms with Crippen molar-refractivity contribution in [1.82, 2.24) is 4.90 Å². The average molecular weight is 307 g/mol. The highest BCUT2D eigenvalue weighted by Gasteiger charge is 2.42. The molecule has 1 heterocycles. The molecule has 0 aromatic heterocycles. The molecule has 1 unspecified atom stereocenters. The average Bonchev–Trinajstić information content (AvgIpc) is 2.93. The Labute approximate surface area is 134 Å². The Balaban J connectivity index is 2.91. The standard InChI is InChI=1S/C18H29NO3/c1-5-7-9-14(3)15(4)19-12-11-16(10-8-13-20)17(19)18(21)22-6-2/h5,7,9,13,15-17H,6,8,10-12H2,1-4H3/t15-,16?,17-/m0/s1. The smallest absolute Gasteiger partial charge is 0.323 e. The third-order valence-electron chi connectivity index (χ3n) is 4.45. The molecule has 0 saturated carbocycles. The summed E-state index contributed by atoms with van der Waals surface area (Å²) in [6.07, 6.45) is 9.25. The van der Waals surface area contributed by atoms with Crippen molar-refractivity contribution in [2.75, 3.05) is 13.2 Å². The van der Waals surface area contributed by atoms with Crippen molar-refractivity contribution >= 4 is 12.3 Å². The Bertz CT molecular complexity index is 428. The summed E-state index contributed by atoms with van der Waals surface area (Å²) >= 11 is 0. The van der Waals surface area contributed by atoms with Crippen molar-refractivity contribution in [2.45, 2.75) is 59.0 Å². The minimum Gasteiger partial charge on any atom is -0.465 e. The number of ether oxygens (including phenoxy) is 1. The Morgan fingerprint density at radius 3 is 2.77 bits per heavy atom. The molecule has 124 valence electrons. The number of hydrogen-bond donors (Lipinski definition) is 0. The Morgan fingerprint density at radius 2 is 2.18 bits per heavy atom. The number of aldehydes is 1. The second kappa shape index (κ2) is 9.57. The quantitative estimate of drug-likeness (QED) is 0.393. The van der Waals surface area contributed by atoms with Gasteiger partial charge in [0, 0.05) is 12.5 Å². The van der Waals surface area contributed by atoms with Crippen LogP contribution in [0.4, 0.5) is 0 Å². The van der Waals surface area contributed by atoms with Crippen LogP contribution in [-0.4, -0.2) is 42.4 Å². The lowest BCUT2D eigenvalue weighted by Crippen LogP contribution is -2.45. The highest BCUT2D eigenvalue weighted by atomic mass is 16.5. The number of likely N-dealkylation sites (tertiary alicyclic amines) is 1. The van der Waals surface area contributed by atoms with E-state index < -0.39 is 0 Å². The molecule has 0 bridgehead atoms. The number of nitrogens with zero attached hydrogens (tertiary/aromatic N) is 1. The van der Waals surface area contributed by atoms with Gasteiger partial charge in [-0.15, -0.1) is 0 Å². The van der Waals surface area contributed by atoms with Gasteiger partial charge in [0.05, 0.1) is 6.61 Å². The summed E-state index contributed by atoms with van der Waals surface area (Å²) < 4.78 is 5.27. The molecule has 3 atom stereocenters. The maximum absolute atomic E-state index is 12.4. The van der Waals surface area contributed by atoms with E-state index in [1.807, 2.05) is 26.0 Å². The van der Waals surface area contributed by atoms with Crippen LogP contribution in [0.2, 0.25) is 0 Å². The fraction of sp³-hybridized carbons (Fsp3) is 0.667. The van der Waals surface area contributed by atoms with Crippen molar-refractivity contribution in [3.05, 3.63) is 23.8 Å². The van der Waals surface area contributed by atoms with Crippen LogP contribution in [0.25, 0.3) is 0 Å². The van der Waals surface area contributed by atoms with E-state index in [2.05, 4.69) is 24.8 Å². The van der Waals surface area contributed by atoms with Crippen LogP contribution in [0.5, 0.6) is 0 Å². The molecular formula is C18H29NO3. The van der Waals surface area contributed by atoms with Gasteiger partial charge in [0.2, 0.25) is 0 Å². The number of carbonyl (C=O) groups is 2. The van der Waals surface area contributed by atoms with Gasteiger partial charge >= 0.3 is 5.97 Å². The van der Waals surface area contributed by atoms with Crippen LogP contribution in [0.1, 0.15) is 47.0 Å². The lowest BCUT2D eigenvalue weighted by Gasteiger charge is -2.32. The summed E-state index contributed by atoms with van der Waals surface area (Å²) in [4.78, 5) is 25.3. The predicted octanol–water partition coefficient (Wildman–Crippen LogP) is 3.13. The molecule has 1 fully saturated rings. The monoisotopic (exact) mass is 307 g/mol. The van der Waals surface area contributed by atoms with Gasteiger partial charge in [-0.1, -0.05) is 23.8 Å². The topological polar surface area (TPSA) is 46.6 Å². The Hall–Kier alpha value is -1.42. The highest BCUT2D eigenvalue weighted by Crippen LogP contribution is 2.32. The number of rotatable bonds is 8. The predicted molar refractivity (Wildman–Crippen MR) is 88.6 cm³/mol. The number of carbonyl (C=O) groups excluding carboxylic acids is 2. The van der Waals surface area contributed by atoms with Gasteiger partial charge < -0.3 is 9.53 Å². The van der Waals surface area contributed by atoms with Crippen LogP contribution >= 0.6 is 0 Å². The molecule has 0 aromatic carbocycles. The third-order valence-corrected chi connectivity index (χ3v) is 4.45. The summed E-state index contributed by atoms with van der Waals surface area (Å²) in [5.41, 5.74) is 1.23. The zero-order chi connectivity index (χ0) is 16.5. The molecule has 0 aromatic rings. The van der Waals surface area contributed by atoms with E-state index in [1.165, 1.54) is 5.57 Å². The van der Waals surface area contributed by atoms with Gasteiger partial charge in [-0.2, -0.15) is 0 Å². The minimum absolute atomic E-state index is 0.151. The second-order valence-corrected chi connectivity index (χ2v) is 5.84. The molecule has 0 radical (unpaired) electrons. The number of esters is 1. The summed E-state index contributed by atoms with van der Waals surface area (Å²) in [5.74, 6) is 0.0581. The van der Waals surface area contributed by atoms with Crippen LogP contribution in [0.3, 0.4) is 0 Å². The molecule has 0 amide bonds. The number of hydrogen-bond acceptors (Lipinski definition) is 4. The molecule has 1 aliphatic heterocycles. The first-order chi connectivity index (χ1) is 10.6. The minimum atomic E-state index is -0.233. The molecule has 1 saturated heterocycles. The largest absolute Gasteiger partial charge is 0.465 e. The van der Waals surface area contributed by atoms with E-state index in [4.69, 9.17) is 4.74 Å². The lowest BCUT2D eigenvalue weighted by atomic mass is 9.94. The number of allylic oxidation sites excluding steroid dienone is 3. The van der Waals surface area contributed by atoms with Crippen molar-refractivity contribution in [1.29, 1.82) is 0 Å². The molecule has 0 spiro atoms. The van der Waals surface area contributed by atoms with Gasteiger partial charge in [0.15, 0.2) is 0 Å². The zero-order valence-electron chi connectivity index (χ0n) is 14.2. The van der Waals surface area contributed by atoms with Gasteiger partial charge in [-0.05, 0) is 53.0 Å². The molecule has 4 heteroatoms. The fourth-order valence-corrected chi connectivity index (χ4v) is 3.11. The second-order valence-electron chi connectivity index (χ2n) is 5.84. The maximum atomic E-state index is 12.4. The van der Waals surface area contributed by atoms with E-state index in [0.29, 0.717) is 13.0 Å². The molecule has 4 nitrogen and oxygen atoms in total. The van der Waals surface area contributed by atoms with E-state index in [-0.39, 0.29) is 24.0 Å². The first kappa shape index (κ1) is 18.6. The SMILES string of the molecule is CC=CC=C(C)[C@H](C)N1CCC(CCC=O)[C@H]1C(=O)OCC. The summed E-state index contributed by atoms with van der Waals surface area (Å²) in [5, 5.41) is 0. The summed E-state index contributed by atoms with van der Waals surface area (Å²) in [6, 6.07) is -0.0457. The normalized spacial score (nSPS) is 24.6. The lowest BCUT2D eigenvalue weighted by molar-refractivity contribution is -0.150. The summed E-state index contributed by atoms with van der Waals surface area (Å²) in [7, 11) is 0. The first-order valence-electron chi connectivity index (χ1n) is 8.22. The molecule has 0 N–H and O–H groups in total. The Kier molecular flexibility index (Phi) is 8.10. The van der Waals surface area contributed by atoms with Crippen molar-refractivity contribution < 1.29 is 14.3 Å². The molecule has 1 rings (SSSR count). The summed E-state index contributed by atoms with van der Waals surface area (Å²) in [6.45, 7) is 9.30. The van der Waals surface area contributed by atoms with Gasteiger partial charge in [-0.25, -0.2) is 0 Å². The van der Waals surface area contributed by atoms with Gasteiger partial charge in [-0.3, -0.25) is 9.69 Å². The first-order valence-corrected chi connectivity index (χ1v) is 8.22. The van der Waals surface area contributed by atoms with Crippen molar-refractivity contribution in [2.24, 2.45) is 5.92 Å². The van der Waals surface area contributed by atoms with E-state index in [9.17, 15) is 9.59 Å². The van der Waals surface area contributed by atoms with Crippen LogP contribution < -0.4 is 0 Å². The Morgan fingerprint density at radius 1 is 1.45 bits per heavy atom. The third kappa shape index (κ3) is 4.80. The van der Waals surface area contributed by atoms with Crippen LogP contribution in [-0.2, 0) is 14.3 Å². The van der Waals surface area contributed by atoms with Crippen molar-refractivity contribution in [3.8, 4) is 0 Å². The van der Waals surface area contributed by atoms with Crippen molar-refractivity contribution in [3.63, 3.8) is 0 Å². The maximum Gasteiger partial charge on any atom is 0.323 e. The molecule has 1 aliphatic rings. The van der Waals surface area contributed by atoms with Crippen LogP contribution in [0, 0.1) is 5.92 Å². The van der Waals surface area contributed by atoms with E-state index in [1.54, 1.807) is 0 Å². The van der Waals surface area contributed by atoms with Crippen LogP contribution in [0.15, 0.2) is 23.8 Å². The zero-order valence-corrected chi connectivity index (χ0v) is 14.2. The molecular weight excluding hydrogens is 278 g/mol. The molecule has 0 aliphatic carbocycles.